The number of hydrogen-bond acceptors (Lipinski definition) is 4. The number of aromatic nitrogens is 2. The summed E-state index contributed by atoms with van der Waals surface area (Å²) in [7, 11) is 0. The molecular weight excluding hydrogens is 242 g/mol. The van der Waals surface area contributed by atoms with Gasteiger partial charge < -0.3 is 5.32 Å². The molecule has 0 atom stereocenters. The monoisotopic (exact) mass is 261 g/mol. The van der Waals surface area contributed by atoms with Gasteiger partial charge in [0, 0.05) is 24.0 Å². The maximum absolute atomic E-state index is 4.45. The zero-order valence-corrected chi connectivity index (χ0v) is 11.7. The van der Waals surface area contributed by atoms with Gasteiger partial charge in [0.15, 0.2) is 0 Å². The van der Waals surface area contributed by atoms with Crippen molar-refractivity contribution >= 4 is 16.7 Å². The van der Waals surface area contributed by atoms with Crippen LogP contribution in [-0.2, 0) is 6.42 Å². The van der Waals surface area contributed by atoms with E-state index in [1.54, 1.807) is 0 Å². The van der Waals surface area contributed by atoms with Crippen molar-refractivity contribution in [3.05, 3.63) is 41.7 Å². The lowest BCUT2D eigenvalue weighted by molar-refractivity contribution is 0.797. The minimum absolute atomic E-state index is 0.404. The zero-order chi connectivity index (χ0) is 12.8. The van der Waals surface area contributed by atoms with Crippen LogP contribution < -0.4 is 5.32 Å². The van der Waals surface area contributed by atoms with Crippen molar-refractivity contribution in [1.82, 2.24) is 9.36 Å². The summed E-state index contributed by atoms with van der Waals surface area (Å²) in [6.45, 7) is 5.17. The molecule has 0 aliphatic rings. The van der Waals surface area contributed by atoms with E-state index in [4.69, 9.17) is 0 Å². The molecule has 2 aromatic rings. The molecule has 0 spiro atoms. The second-order valence-corrected chi connectivity index (χ2v) is 5.38. The number of anilines is 1. The molecule has 3 nitrogen and oxygen atoms in total. The molecular formula is C14H19N3S. The van der Waals surface area contributed by atoms with Crippen molar-refractivity contribution < 1.29 is 0 Å². The van der Waals surface area contributed by atoms with E-state index in [1.807, 2.05) is 0 Å². The third kappa shape index (κ3) is 3.81. The second-order valence-electron chi connectivity index (χ2n) is 4.63. The Morgan fingerprint density at radius 2 is 2.00 bits per heavy atom. The molecule has 1 N–H and O–H groups in total. The average Bonchev–Trinajstić information content (AvgIpc) is 2.85. The van der Waals surface area contributed by atoms with Gasteiger partial charge in [0.2, 0.25) is 5.13 Å². The topological polar surface area (TPSA) is 37.8 Å². The Kier molecular flexibility index (Phi) is 4.70. The molecule has 0 aliphatic carbocycles. The molecule has 4 heteroatoms. The fourth-order valence-corrected chi connectivity index (χ4v) is 2.41. The molecule has 0 fully saturated rings. The first-order chi connectivity index (χ1) is 8.75. The Morgan fingerprint density at radius 3 is 2.67 bits per heavy atom. The van der Waals surface area contributed by atoms with Crippen LogP contribution >= 0.6 is 11.5 Å². The molecule has 96 valence electrons. The number of rotatable bonds is 6. The lowest BCUT2D eigenvalue weighted by Crippen LogP contribution is -2.03. The van der Waals surface area contributed by atoms with E-state index in [-0.39, 0.29) is 0 Å². The maximum atomic E-state index is 4.45. The largest absolute Gasteiger partial charge is 0.360 e. The number of aryl methyl sites for hydroxylation is 1. The molecule has 18 heavy (non-hydrogen) atoms. The van der Waals surface area contributed by atoms with E-state index < -0.39 is 0 Å². The van der Waals surface area contributed by atoms with E-state index in [0.717, 1.165) is 30.3 Å². The summed E-state index contributed by atoms with van der Waals surface area (Å²) in [6, 6.07) is 10.6. The third-order valence-corrected chi connectivity index (χ3v) is 3.41. The summed E-state index contributed by atoms with van der Waals surface area (Å²) in [5, 5.41) is 4.27. The van der Waals surface area contributed by atoms with Gasteiger partial charge in [-0.1, -0.05) is 44.2 Å². The van der Waals surface area contributed by atoms with E-state index >= 15 is 0 Å². The van der Waals surface area contributed by atoms with Crippen LogP contribution in [0.1, 0.15) is 37.6 Å². The van der Waals surface area contributed by atoms with Gasteiger partial charge in [-0.2, -0.15) is 4.37 Å². The van der Waals surface area contributed by atoms with E-state index in [2.05, 4.69) is 58.9 Å². The van der Waals surface area contributed by atoms with Gasteiger partial charge in [-0.05, 0) is 18.4 Å². The van der Waals surface area contributed by atoms with Crippen molar-refractivity contribution in [2.45, 2.75) is 32.6 Å². The Hall–Kier alpha value is -1.42. The first kappa shape index (κ1) is 13.0. The summed E-state index contributed by atoms with van der Waals surface area (Å²) in [6.07, 6.45) is 2.21. The van der Waals surface area contributed by atoms with Crippen LogP contribution in [0.25, 0.3) is 0 Å². The minimum atomic E-state index is 0.404. The Balaban J connectivity index is 1.72. The molecule has 0 saturated carbocycles. The van der Waals surface area contributed by atoms with Crippen LogP contribution in [0.4, 0.5) is 5.13 Å². The summed E-state index contributed by atoms with van der Waals surface area (Å²) < 4.78 is 4.32. The van der Waals surface area contributed by atoms with Gasteiger partial charge in [-0.3, -0.25) is 0 Å². The predicted octanol–water partition coefficient (Wildman–Crippen LogP) is 3.71. The van der Waals surface area contributed by atoms with Crippen molar-refractivity contribution in [3.63, 3.8) is 0 Å². The van der Waals surface area contributed by atoms with Crippen molar-refractivity contribution in [2.75, 3.05) is 11.9 Å². The van der Waals surface area contributed by atoms with E-state index in [1.165, 1.54) is 17.1 Å². The first-order valence-corrected chi connectivity index (χ1v) is 7.14. The van der Waals surface area contributed by atoms with Crippen LogP contribution in [-0.4, -0.2) is 15.9 Å². The van der Waals surface area contributed by atoms with E-state index in [0.29, 0.717) is 5.92 Å². The van der Waals surface area contributed by atoms with Crippen LogP contribution in [0.3, 0.4) is 0 Å². The number of benzene rings is 1. The Labute approximate surface area is 112 Å². The van der Waals surface area contributed by atoms with Crippen molar-refractivity contribution in [3.8, 4) is 0 Å². The highest BCUT2D eigenvalue weighted by Gasteiger charge is 2.06. The first-order valence-electron chi connectivity index (χ1n) is 6.37. The van der Waals surface area contributed by atoms with E-state index in [9.17, 15) is 0 Å². The van der Waals surface area contributed by atoms with Crippen LogP contribution in [0.5, 0.6) is 0 Å². The molecule has 0 amide bonds. The van der Waals surface area contributed by atoms with Crippen LogP contribution in [0.2, 0.25) is 0 Å². The second kappa shape index (κ2) is 6.50. The molecule has 0 aliphatic heterocycles. The molecule has 1 heterocycles. The zero-order valence-electron chi connectivity index (χ0n) is 10.9. The van der Waals surface area contributed by atoms with Crippen LogP contribution in [0, 0.1) is 0 Å². The van der Waals surface area contributed by atoms with Gasteiger partial charge in [-0.15, -0.1) is 0 Å². The summed E-state index contributed by atoms with van der Waals surface area (Å²) in [5.74, 6) is 1.34. The quantitative estimate of drug-likeness (QED) is 0.806. The molecule has 1 aromatic carbocycles. The van der Waals surface area contributed by atoms with Gasteiger partial charge >= 0.3 is 0 Å². The van der Waals surface area contributed by atoms with Gasteiger partial charge in [0.1, 0.15) is 5.82 Å². The lowest BCUT2D eigenvalue weighted by Gasteiger charge is -2.02. The molecule has 1 aromatic heterocycles. The summed E-state index contributed by atoms with van der Waals surface area (Å²) in [4.78, 5) is 4.45. The van der Waals surface area contributed by atoms with Crippen LogP contribution in [0.15, 0.2) is 30.3 Å². The summed E-state index contributed by atoms with van der Waals surface area (Å²) in [5.41, 5.74) is 1.39. The number of nitrogens with one attached hydrogen (secondary N) is 1. The third-order valence-electron chi connectivity index (χ3n) is 2.72. The average molecular weight is 261 g/mol. The van der Waals surface area contributed by atoms with Crippen molar-refractivity contribution in [2.24, 2.45) is 0 Å². The normalized spacial score (nSPS) is 10.8. The SMILES string of the molecule is CC(C)c1nsc(NCCCc2ccccc2)n1. The molecule has 0 radical (unpaired) electrons. The summed E-state index contributed by atoms with van der Waals surface area (Å²) >= 11 is 1.45. The highest BCUT2D eigenvalue weighted by Crippen LogP contribution is 2.17. The highest BCUT2D eigenvalue weighted by atomic mass is 32.1. The minimum Gasteiger partial charge on any atom is -0.360 e. The maximum Gasteiger partial charge on any atom is 0.202 e. The van der Waals surface area contributed by atoms with Crippen molar-refractivity contribution in [1.29, 1.82) is 0 Å². The predicted molar refractivity (Wildman–Crippen MR) is 77.3 cm³/mol. The highest BCUT2D eigenvalue weighted by molar-refractivity contribution is 7.09. The molecule has 0 bridgehead atoms. The Bertz CT molecular complexity index is 465. The number of hydrogen-bond donors (Lipinski definition) is 1. The van der Waals surface area contributed by atoms with Gasteiger partial charge in [0.05, 0.1) is 0 Å². The fourth-order valence-electron chi connectivity index (χ4n) is 1.67. The molecule has 2 rings (SSSR count). The Morgan fingerprint density at radius 1 is 1.22 bits per heavy atom. The van der Waals surface area contributed by atoms with Gasteiger partial charge in [-0.25, -0.2) is 4.98 Å². The molecule has 0 saturated heterocycles. The standard InChI is InChI=1S/C14H19N3S/c1-11(2)13-16-14(18-17-13)15-10-6-9-12-7-4-3-5-8-12/h3-5,7-8,11H,6,9-10H2,1-2H3,(H,15,16,17). The molecule has 0 unspecified atom stereocenters. The lowest BCUT2D eigenvalue weighted by atomic mass is 10.1. The number of nitrogens with zero attached hydrogens (tertiary/aromatic N) is 2. The fraction of sp³-hybridized carbons (Fsp3) is 0.429. The smallest absolute Gasteiger partial charge is 0.202 e. The van der Waals surface area contributed by atoms with Gasteiger partial charge in [0.25, 0.3) is 0 Å².